The van der Waals surface area contributed by atoms with Crippen LogP contribution in [0.25, 0.3) is 5.65 Å². The number of rotatable bonds is 5. The van der Waals surface area contributed by atoms with E-state index in [4.69, 9.17) is 4.98 Å². The molecule has 1 aliphatic carbocycles. The fourth-order valence-corrected chi connectivity index (χ4v) is 4.69. The van der Waals surface area contributed by atoms with Crippen LogP contribution in [0.15, 0.2) is 29.4 Å². The zero-order chi connectivity index (χ0) is 18.6. The van der Waals surface area contributed by atoms with Crippen LogP contribution in [0, 0.1) is 0 Å². The molecule has 0 spiro atoms. The van der Waals surface area contributed by atoms with Crippen LogP contribution in [-0.2, 0) is 25.8 Å². The molecule has 0 aromatic carbocycles. The first-order valence-corrected chi connectivity index (χ1v) is 10.2. The summed E-state index contributed by atoms with van der Waals surface area (Å²) in [6.45, 7) is 1.53. The summed E-state index contributed by atoms with van der Waals surface area (Å²) < 4.78 is 2.02. The van der Waals surface area contributed by atoms with Crippen LogP contribution >= 0.6 is 35.3 Å². The number of guanidine groups is 1. The van der Waals surface area contributed by atoms with E-state index in [9.17, 15) is 0 Å². The average molecular weight is 511 g/mol. The van der Waals surface area contributed by atoms with Gasteiger partial charge < -0.3 is 10.2 Å². The predicted octanol–water partition coefficient (Wildman–Crippen LogP) is 2.93. The van der Waals surface area contributed by atoms with Crippen molar-refractivity contribution in [1.82, 2.24) is 29.8 Å². The van der Waals surface area contributed by atoms with Crippen LogP contribution < -0.4 is 5.32 Å². The summed E-state index contributed by atoms with van der Waals surface area (Å²) in [5.74, 6) is 1.82. The second-order valence-electron chi connectivity index (χ2n) is 6.81. The largest absolute Gasteiger partial charge is 0.356 e. The lowest BCUT2D eigenvalue weighted by Crippen LogP contribution is -2.39. The van der Waals surface area contributed by atoms with Crippen molar-refractivity contribution in [1.29, 1.82) is 0 Å². The Hall–Kier alpha value is -1.75. The second kappa shape index (κ2) is 9.64. The zero-order valence-electron chi connectivity index (χ0n) is 16.3. The number of nitrogens with zero attached hydrogens (tertiary/aromatic N) is 6. The van der Waals surface area contributed by atoms with Gasteiger partial charge in [0.1, 0.15) is 10.8 Å². The lowest BCUT2D eigenvalue weighted by atomic mass is 10.0. The van der Waals surface area contributed by atoms with E-state index in [1.165, 1.54) is 34.8 Å². The van der Waals surface area contributed by atoms with Gasteiger partial charge in [-0.1, -0.05) is 6.07 Å². The Morgan fingerprint density at radius 3 is 2.96 bits per heavy atom. The van der Waals surface area contributed by atoms with Crippen molar-refractivity contribution in [2.45, 2.75) is 38.6 Å². The van der Waals surface area contributed by atoms with E-state index in [2.05, 4.69) is 32.5 Å². The highest BCUT2D eigenvalue weighted by atomic mass is 127. The lowest BCUT2D eigenvalue weighted by molar-refractivity contribution is 0.474. The molecule has 0 unspecified atom stereocenters. The van der Waals surface area contributed by atoms with Crippen LogP contribution in [0.1, 0.15) is 34.2 Å². The summed E-state index contributed by atoms with van der Waals surface area (Å²) in [4.78, 5) is 12.9. The quantitative estimate of drug-likeness (QED) is 0.324. The maximum absolute atomic E-state index is 4.84. The number of hydrogen-bond acceptors (Lipinski definition) is 5. The van der Waals surface area contributed by atoms with Gasteiger partial charge in [0.05, 0.1) is 12.2 Å². The van der Waals surface area contributed by atoms with Gasteiger partial charge in [0.2, 0.25) is 0 Å². The van der Waals surface area contributed by atoms with Gasteiger partial charge in [0.15, 0.2) is 11.6 Å². The maximum atomic E-state index is 4.84. The molecule has 3 heterocycles. The van der Waals surface area contributed by atoms with E-state index in [-0.39, 0.29) is 24.0 Å². The van der Waals surface area contributed by atoms with Gasteiger partial charge in [-0.2, -0.15) is 0 Å². The minimum atomic E-state index is 0. The molecule has 150 valence electrons. The normalized spacial score (nSPS) is 13.9. The topological polar surface area (TPSA) is 70.7 Å². The molecule has 1 N–H and O–H groups in total. The van der Waals surface area contributed by atoms with Crippen LogP contribution in [0.4, 0.5) is 0 Å². The van der Waals surface area contributed by atoms with E-state index in [1.807, 2.05) is 47.2 Å². The Balaban J connectivity index is 0.00000225. The Morgan fingerprint density at radius 2 is 2.14 bits per heavy atom. The Kier molecular flexibility index (Phi) is 7.22. The van der Waals surface area contributed by atoms with Gasteiger partial charge in [-0.25, -0.2) is 4.98 Å². The van der Waals surface area contributed by atoms with Crippen molar-refractivity contribution in [3.8, 4) is 0 Å². The van der Waals surface area contributed by atoms with E-state index in [0.29, 0.717) is 0 Å². The third-order valence-corrected chi connectivity index (χ3v) is 5.99. The van der Waals surface area contributed by atoms with Crippen LogP contribution in [0.3, 0.4) is 0 Å². The number of thiazole rings is 1. The summed E-state index contributed by atoms with van der Waals surface area (Å²) in [5.41, 5.74) is 2.19. The molecule has 3 aromatic rings. The van der Waals surface area contributed by atoms with Crippen molar-refractivity contribution in [2.24, 2.45) is 4.99 Å². The smallest absolute Gasteiger partial charge is 0.193 e. The standard InChI is InChI=1S/C19H25N7S.HI/c1-20-19(21-11-10-17-24-23-16-9-5-6-12-26(16)17)25(2)13-18-22-14-7-3-4-8-15(14)27-18;/h5-6,9,12H,3-4,7-8,10-11,13H2,1-2H3,(H,20,21);1H. The van der Waals surface area contributed by atoms with Crippen molar-refractivity contribution >= 4 is 46.9 Å². The molecule has 0 fully saturated rings. The fourth-order valence-electron chi connectivity index (χ4n) is 3.48. The molecule has 0 saturated heterocycles. The van der Waals surface area contributed by atoms with Gasteiger partial charge >= 0.3 is 0 Å². The minimum Gasteiger partial charge on any atom is -0.356 e. The third-order valence-electron chi connectivity index (χ3n) is 4.85. The Morgan fingerprint density at radius 1 is 1.29 bits per heavy atom. The number of halogens is 1. The molecular formula is C19H26IN7S. The Bertz CT molecular complexity index is 925. The van der Waals surface area contributed by atoms with E-state index < -0.39 is 0 Å². The van der Waals surface area contributed by atoms with E-state index in [1.54, 1.807) is 0 Å². The van der Waals surface area contributed by atoms with Crippen LogP contribution in [-0.4, -0.2) is 51.1 Å². The molecule has 3 aromatic heterocycles. The van der Waals surface area contributed by atoms with Gasteiger partial charge in [0.25, 0.3) is 0 Å². The monoisotopic (exact) mass is 511 g/mol. The highest BCUT2D eigenvalue weighted by Crippen LogP contribution is 2.27. The van der Waals surface area contributed by atoms with Gasteiger partial charge in [-0.05, 0) is 37.8 Å². The van der Waals surface area contributed by atoms with Gasteiger partial charge in [0, 0.05) is 38.1 Å². The fraction of sp³-hybridized carbons (Fsp3) is 0.474. The van der Waals surface area contributed by atoms with Crippen molar-refractivity contribution in [3.05, 3.63) is 45.8 Å². The van der Waals surface area contributed by atoms with E-state index in [0.717, 1.165) is 43.4 Å². The molecule has 0 radical (unpaired) electrons. The maximum Gasteiger partial charge on any atom is 0.193 e. The number of hydrogen-bond donors (Lipinski definition) is 1. The first-order valence-electron chi connectivity index (χ1n) is 9.42. The number of pyridine rings is 1. The molecule has 1 aliphatic rings. The summed E-state index contributed by atoms with van der Waals surface area (Å²) in [6, 6.07) is 5.93. The summed E-state index contributed by atoms with van der Waals surface area (Å²) >= 11 is 1.86. The number of aliphatic imine (C=N–C) groups is 1. The average Bonchev–Trinajstić information content (AvgIpc) is 3.28. The van der Waals surface area contributed by atoms with Gasteiger partial charge in [-0.15, -0.1) is 45.5 Å². The molecule has 0 saturated carbocycles. The van der Waals surface area contributed by atoms with Crippen LogP contribution in [0.5, 0.6) is 0 Å². The molecule has 0 aliphatic heterocycles. The van der Waals surface area contributed by atoms with Crippen molar-refractivity contribution in [2.75, 3.05) is 20.6 Å². The number of nitrogens with one attached hydrogen (secondary N) is 1. The third kappa shape index (κ3) is 4.62. The first-order chi connectivity index (χ1) is 13.2. The molecule has 0 amide bonds. The number of fused-ring (bicyclic) bond motifs is 2. The summed E-state index contributed by atoms with van der Waals surface area (Å²) in [6.07, 6.45) is 7.67. The number of aryl methyl sites for hydroxylation is 2. The SMILES string of the molecule is CN=C(NCCc1nnc2ccccn12)N(C)Cc1nc2c(s1)CCCC2.I. The summed E-state index contributed by atoms with van der Waals surface area (Å²) in [5, 5.41) is 13.1. The van der Waals surface area contributed by atoms with Gasteiger partial charge in [-0.3, -0.25) is 9.39 Å². The van der Waals surface area contributed by atoms with Crippen molar-refractivity contribution < 1.29 is 0 Å². The predicted molar refractivity (Wildman–Crippen MR) is 124 cm³/mol. The molecular weight excluding hydrogens is 485 g/mol. The highest BCUT2D eigenvalue weighted by molar-refractivity contribution is 14.0. The summed E-state index contributed by atoms with van der Waals surface area (Å²) in [7, 11) is 3.88. The van der Waals surface area contributed by atoms with E-state index >= 15 is 0 Å². The molecule has 7 nitrogen and oxygen atoms in total. The highest BCUT2D eigenvalue weighted by Gasteiger charge is 2.17. The molecule has 28 heavy (non-hydrogen) atoms. The molecule has 9 heteroatoms. The zero-order valence-corrected chi connectivity index (χ0v) is 19.4. The minimum absolute atomic E-state index is 0. The van der Waals surface area contributed by atoms with Crippen molar-refractivity contribution in [3.63, 3.8) is 0 Å². The second-order valence-corrected chi connectivity index (χ2v) is 7.98. The molecule has 0 bridgehead atoms. The first kappa shape index (κ1) is 21.0. The lowest BCUT2D eigenvalue weighted by Gasteiger charge is -2.20. The molecule has 0 atom stereocenters. The Labute approximate surface area is 186 Å². The van der Waals surface area contributed by atoms with Crippen LogP contribution in [0.2, 0.25) is 0 Å². The number of aromatic nitrogens is 4. The molecule has 4 rings (SSSR count).